The fourth-order valence-electron chi connectivity index (χ4n) is 2.89. The van der Waals surface area contributed by atoms with E-state index in [-0.39, 0.29) is 54.3 Å². The van der Waals surface area contributed by atoms with Gasteiger partial charge in [-0.3, -0.25) is 14.9 Å². The molecule has 0 aromatic heterocycles. The summed E-state index contributed by atoms with van der Waals surface area (Å²) in [5.74, 6) is 0.0298. The Labute approximate surface area is 182 Å². The molecule has 1 fully saturated rings. The summed E-state index contributed by atoms with van der Waals surface area (Å²) in [4.78, 5) is 24.0. The number of nitro groups is 1. The SMILES string of the molecule is O=C(COc1ccc(Cl)cc1Cl)N1CCN(S(=O)(=O)c2ccc([N+](=O)[O-])cc2)CC1. The van der Waals surface area contributed by atoms with Gasteiger partial charge in [-0.25, -0.2) is 8.42 Å². The lowest BCUT2D eigenvalue weighted by Crippen LogP contribution is -2.51. The second-order valence-electron chi connectivity index (χ2n) is 6.40. The quantitative estimate of drug-likeness (QED) is 0.471. The normalized spacial score (nSPS) is 15.1. The molecule has 0 atom stereocenters. The minimum absolute atomic E-state index is 0.0337. The van der Waals surface area contributed by atoms with Gasteiger partial charge in [-0.1, -0.05) is 23.2 Å². The third kappa shape index (κ3) is 5.01. The number of piperazine rings is 1. The van der Waals surface area contributed by atoms with Gasteiger partial charge < -0.3 is 9.64 Å². The molecule has 12 heteroatoms. The molecule has 0 aliphatic carbocycles. The third-order valence-corrected chi connectivity index (χ3v) is 6.97. The van der Waals surface area contributed by atoms with Crippen LogP contribution in [0.3, 0.4) is 0 Å². The Hall–Kier alpha value is -2.40. The number of amides is 1. The van der Waals surface area contributed by atoms with Gasteiger partial charge in [0.05, 0.1) is 14.8 Å². The molecule has 0 bridgehead atoms. The molecule has 9 nitrogen and oxygen atoms in total. The Morgan fingerprint density at radius 1 is 1.07 bits per heavy atom. The van der Waals surface area contributed by atoms with Crippen LogP contribution in [-0.2, 0) is 14.8 Å². The summed E-state index contributed by atoms with van der Waals surface area (Å²) in [6.07, 6.45) is 0. The number of rotatable bonds is 6. The summed E-state index contributed by atoms with van der Waals surface area (Å²) in [6.45, 7) is 0.363. The van der Waals surface area contributed by atoms with Crippen molar-refractivity contribution in [1.82, 2.24) is 9.21 Å². The van der Waals surface area contributed by atoms with Crippen molar-refractivity contribution in [1.29, 1.82) is 0 Å². The molecule has 1 aliphatic rings. The second-order valence-corrected chi connectivity index (χ2v) is 9.18. The maximum Gasteiger partial charge on any atom is 0.269 e. The molecule has 1 saturated heterocycles. The van der Waals surface area contributed by atoms with E-state index >= 15 is 0 Å². The summed E-state index contributed by atoms with van der Waals surface area (Å²) >= 11 is 11.8. The molecule has 1 amide bonds. The standard InChI is InChI=1S/C18H17Cl2N3O6S/c19-13-1-6-17(16(20)11-13)29-12-18(24)21-7-9-22(10-8-21)30(27,28)15-4-2-14(3-5-15)23(25)26/h1-6,11H,7-10,12H2. The van der Waals surface area contributed by atoms with Crippen LogP contribution in [0.15, 0.2) is 47.4 Å². The number of hydrogen-bond donors (Lipinski definition) is 0. The van der Waals surface area contributed by atoms with Crippen molar-refractivity contribution in [2.75, 3.05) is 32.8 Å². The van der Waals surface area contributed by atoms with E-state index in [1.807, 2.05) is 0 Å². The Morgan fingerprint density at radius 2 is 1.70 bits per heavy atom. The molecule has 0 unspecified atom stereocenters. The van der Waals surface area contributed by atoms with Gasteiger partial charge in [0, 0.05) is 43.3 Å². The maximum absolute atomic E-state index is 12.7. The van der Waals surface area contributed by atoms with Crippen molar-refractivity contribution in [3.05, 3.63) is 62.6 Å². The Kier molecular flexibility index (Phi) is 6.81. The summed E-state index contributed by atoms with van der Waals surface area (Å²) < 4.78 is 32.1. The van der Waals surface area contributed by atoms with E-state index in [1.165, 1.54) is 27.4 Å². The predicted molar refractivity (Wildman–Crippen MR) is 110 cm³/mol. The lowest BCUT2D eigenvalue weighted by atomic mass is 10.3. The van der Waals surface area contributed by atoms with E-state index in [0.29, 0.717) is 10.8 Å². The Morgan fingerprint density at radius 3 is 2.27 bits per heavy atom. The van der Waals surface area contributed by atoms with Crippen molar-refractivity contribution < 1.29 is 22.9 Å². The molecule has 3 rings (SSSR count). The van der Waals surface area contributed by atoms with Crippen LogP contribution in [0.4, 0.5) is 5.69 Å². The van der Waals surface area contributed by atoms with Crippen molar-refractivity contribution in [3.63, 3.8) is 0 Å². The zero-order chi connectivity index (χ0) is 21.9. The van der Waals surface area contributed by atoms with Gasteiger partial charge in [0.25, 0.3) is 11.6 Å². The van der Waals surface area contributed by atoms with Gasteiger partial charge in [-0.15, -0.1) is 0 Å². The zero-order valence-corrected chi connectivity index (χ0v) is 17.9. The fourth-order valence-corrected chi connectivity index (χ4v) is 4.78. The van der Waals surface area contributed by atoms with Gasteiger partial charge in [-0.05, 0) is 30.3 Å². The van der Waals surface area contributed by atoms with Crippen LogP contribution < -0.4 is 4.74 Å². The van der Waals surface area contributed by atoms with E-state index in [4.69, 9.17) is 27.9 Å². The molecule has 2 aromatic rings. The van der Waals surface area contributed by atoms with Crippen LogP contribution in [0.25, 0.3) is 0 Å². The highest BCUT2D eigenvalue weighted by atomic mass is 35.5. The monoisotopic (exact) mass is 473 g/mol. The van der Waals surface area contributed by atoms with Gasteiger partial charge in [0.15, 0.2) is 6.61 Å². The third-order valence-electron chi connectivity index (χ3n) is 4.52. The topological polar surface area (TPSA) is 110 Å². The molecule has 0 N–H and O–H groups in total. The smallest absolute Gasteiger partial charge is 0.269 e. The second kappa shape index (κ2) is 9.17. The number of ether oxygens (including phenoxy) is 1. The van der Waals surface area contributed by atoms with E-state index in [1.54, 1.807) is 12.1 Å². The van der Waals surface area contributed by atoms with Crippen molar-refractivity contribution in [2.24, 2.45) is 0 Å². The summed E-state index contributed by atoms with van der Waals surface area (Å²) in [6, 6.07) is 9.35. The molecule has 0 radical (unpaired) electrons. The van der Waals surface area contributed by atoms with Gasteiger partial charge in [0.2, 0.25) is 10.0 Å². The van der Waals surface area contributed by atoms with Crippen LogP contribution >= 0.6 is 23.2 Å². The highest BCUT2D eigenvalue weighted by Gasteiger charge is 2.30. The molecule has 2 aromatic carbocycles. The first-order chi connectivity index (χ1) is 14.2. The van der Waals surface area contributed by atoms with Crippen LogP contribution in [-0.4, -0.2) is 61.2 Å². The zero-order valence-electron chi connectivity index (χ0n) is 15.5. The Bertz CT molecular complexity index is 1050. The van der Waals surface area contributed by atoms with Crippen LogP contribution in [0.1, 0.15) is 0 Å². The first kappa shape index (κ1) is 22.3. The summed E-state index contributed by atoms with van der Waals surface area (Å²) in [5, 5.41) is 11.5. The molecule has 30 heavy (non-hydrogen) atoms. The van der Waals surface area contributed by atoms with Gasteiger partial charge >= 0.3 is 0 Å². The predicted octanol–water partition coefficient (Wildman–Crippen LogP) is 2.81. The molecule has 160 valence electrons. The van der Waals surface area contributed by atoms with Crippen LogP contribution in [0, 0.1) is 10.1 Å². The Balaban J connectivity index is 1.56. The maximum atomic E-state index is 12.7. The molecule has 1 aliphatic heterocycles. The fraction of sp³-hybridized carbons (Fsp3) is 0.278. The number of carbonyl (C=O) groups excluding carboxylic acids is 1. The lowest BCUT2D eigenvalue weighted by Gasteiger charge is -2.34. The number of halogens is 2. The molecule has 1 heterocycles. The van der Waals surface area contributed by atoms with Gasteiger partial charge in [-0.2, -0.15) is 4.31 Å². The first-order valence-electron chi connectivity index (χ1n) is 8.79. The van der Waals surface area contributed by atoms with E-state index < -0.39 is 14.9 Å². The lowest BCUT2D eigenvalue weighted by molar-refractivity contribution is -0.384. The molecular formula is C18H17Cl2N3O6S. The summed E-state index contributed by atoms with van der Waals surface area (Å²) in [7, 11) is -3.81. The minimum Gasteiger partial charge on any atom is -0.482 e. The van der Waals surface area contributed by atoms with E-state index in [0.717, 1.165) is 12.1 Å². The number of nitro benzene ring substituents is 1. The van der Waals surface area contributed by atoms with Crippen molar-refractivity contribution in [3.8, 4) is 5.75 Å². The van der Waals surface area contributed by atoms with E-state index in [9.17, 15) is 23.3 Å². The number of sulfonamides is 1. The van der Waals surface area contributed by atoms with Crippen LogP contribution in [0.5, 0.6) is 5.75 Å². The highest BCUT2D eigenvalue weighted by molar-refractivity contribution is 7.89. The number of carbonyl (C=O) groups is 1. The number of benzene rings is 2. The molecule has 0 saturated carbocycles. The largest absolute Gasteiger partial charge is 0.482 e. The average molecular weight is 474 g/mol. The highest BCUT2D eigenvalue weighted by Crippen LogP contribution is 2.27. The number of nitrogens with zero attached hydrogens (tertiary/aromatic N) is 3. The minimum atomic E-state index is -3.81. The van der Waals surface area contributed by atoms with Crippen molar-refractivity contribution in [2.45, 2.75) is 4.90 Å². The molecular weight excluding hydrogens is 457 g/mol. The number of hydrogen-bond acceptors (Lipinski definition) is 6. The van der Waals surface area contributed by atoms with Gasteiger partial charge in [0.1, 0.15) is 5.75 Å². The summed E-state index contributed by atoms with van der Waals surface area (Å²) in [5.41, 5.74) is -0.190. The number of non-ortho nitro benzene ring substituents is 1. The molecule has 0 spiro atoms. The first-order valence-corrected chi connectivity index (χ1v) is 11.0. The van der Waals surface area contributed by atoms with Crippen LogP contribution in [0.2, 0.25) is 10.0 Å². The van der Waals surface area contributed by atoms with Crippen molar-refractivity contribution >= 4 is 44.8 Å². The van der Waals surface area contributed by atoms with E-state index in [2.05, 4.69) is 0 Å². The average Bonchev–Trinajstić information content (AvgIpc) is 2.73.